The molecule has 0 unspecified atom stereocenters. The summed E-state index contributed by atoms with van der Waals surface area (Å²) in [5, 5.41) is 7.65. The predicted molar refractivity (Wildman–Crippen MR) is 259 cm³/mol. The maximum atomic E-state index is 2.43. The number of aromatic nitrogens is 1. The van der Waals surface area contributed by atoms with E-state index in [-0.39, 0.29) is 5.41 Å². The van der Waals surface area contributed by atoms with Gasteiger partial charge >= 0.3 is 0 Å². The van der Waals surface area contributed by atoms with Crippen molar-refractivity contribution in [1.82, 2.24) is 4.57 Å². The summed E-state index contributed by atoms with van der Waals surface area (Å²) in [6, 6.07) is 80.4. The molecule has 0 radical (unpaired) electrons. The van der Waals surface area contributed by atoms with Gasteiger partial charge in [0.1, 0.15) is 0 Å². The molecule has 0 atom stereocenters. The number of benzene rings is 10. The van der Waals surface area contributed by atoms with Crippen LogP contribution in [0, 0.1) is 0 Å². The van der Waals surface area contributed by atoms with Gasteiger partial charge in [-0.15, -0.1) is 0 Å². The molecule has 1 aromatic heterocycles. The van der Waals surface area contributed by atoms with Gasteiger partial charge in [-0.1, -0.05) is 166 Å². The van der Waals surface area contributed by atoms with E-state index in [0.717, 1.165) is 22.7 Å². The molecular formula is C59H42N2. The molecule has 2 nitrogen and oxygen atoms in total. The van der Waals surface area contributed by atoms with Gasteiger partial charge in [0.2, 0.25) is 0 Å². The van der Waals surface area contributed by atoms with Crippen molar-refractivity contribution in [2.45, 2.75) is 19.3 Å². The number of anilines is 3. The highest BCUT2D eigenvalue weighted by Crippen LogP contribution is 2.50. The summed E-state index contributed by atoms with van der Waals surface area (Å²) < 4.78 is 2.41. The van der Waals surface area contributed by atoms with Crippen LogP contribution in [0.2, 0.25) is 0 Å². The molecule has 0 bridgehead atoms. The normalized spacial score (nSPS) is 12.9. The van der Waals surface area contributed by atoms with Crippen LogP contribution in [0.25, 0.3) is 82.4 Å². The fourth-order valence-electron chi connectivity index (χ4n) is 10.2. The first-order valence-corrected chi connectivity index (χ1v) is 21.3. The smallest absolute Gasteiger partial charge is 0.0547 e. The molecule has 12 rings (SSSR count). The summed E-state index contributed by atoms with van der Waals surface area (Å²) in [7, 11) is 0. The molecule has 0 aliphatic heterocycles. The van der Waals surface area contributed by atoms with Gasteiger partial charge in [0.25, 0.3) is 0 Å². The van der Waals surface area contributed by atoms with Crippen molar-refractivity contribution in [3.63, 3.8) is 0 Å². The second-order valence-electron chi connectivity index (χ2n) is 16.9. The van der Waals surface area contributed by atoms with Gasteiger partial charge in [0, 0.05) is 38.9 Å². The van der Waals surface area contributed by atoms with Gasteiger partial charge in [0.15, 0.2) is 0 Å². The third-order valence-corrected chi connectivity index (χ3v) is 13.1. The molecule has 1 heterocycles. The average Bonchev–Trinajstić information content (AvgIpc) is 3.66. The summed E-state index contributed by atoms with van der Waals surface area (Å²) >= 11 is 0. The van der Waals surface area contributed by atoms with E-state index in [2.05, 4.69) is 242 Å². The van der Waals surface area contributed by atoms with E-state index in [0.29, 0.717) is 0 Å². The van der Waals surface area contributed by atoms with Crippen molar-refractivity contribution in [1.29, 1.82) is 0 Å². The van der Waals surface area contributed by atoms with E-state index in [9.17, 15) is 0 Å². The van der Waals surface area contributed by atoms with Crippen LogP contribution in [0.5, 0.6) is 0 Å². The summed E-state index contributed by atoms with van der Waals surface area (Å²) in [5.74, 6) is 0. The van der Waals surface area contributed by atoms with Crippen LogP contribution in [0.3, 0.4) is 0 Å². The van der Waals surface area contributed by atoms with Crippen LogP contribution < -0.4 is 4.90 Å². The van der Waals surface area contributed by atoms with Crippen LogP contribution >= 0.6 is 0 Å². The van der Waals surface area contributed by atoms with Gasteiger partial charge in [-0.3, -0.25) is 0 Å². The van der Waals surface area contributed by atoms with Gasteiger partial charge in [-0.2, -0.15) is 0 Å². The maximum Gasteiger partial charge on any atom is 0.0547 e. The standard InChI is InChI=1S/C59H42N2/c1-59(2)53-33-28-44(37-51(53)50-24-12-17-42-18-13-25-54(59)57(42)50)43-19-11-22-47(36-43)60(46-30-26-40(27-31-46)39-14-5-3-6-15-39)48-32-35-55-52(38-48)58-49-23-10-9-16-41(49)29-34-56(58)61(55)45-20-7-4-8-21-45/h3-38H,1-2H3. The topological polar surface area (TPSA) is 8.17 Å². The first-order valence-electron chi connectivity index (χ1n) is 21.3. The Morgan fingerprint density at radius 2 is 0.984 bits per heavy atom. The monoisotopic (exact) mass is 778 g/mol. The quantitative estimate of drug-likeness (QED) is 0.163. The van der Waals surface area contributed by atoms with Gasteiger partial charge in [-0.25, -0.2) is 0 Å². The van der Waals surface area contributed by atoms with Crippen LogP contribution in [-0.2, 0) is 5.41 Å². The molecule has 1 aliphatic rings. The highest BCUT2D eigenvalue weighted by atomic mass is 15.1. The summed E-state index contributed by atoms with van der Waals surface area (Å²) in [6.07, 6.45) is 0. The fraction of sp³-hybridized carbons (Fsp3) is 0.0508. The van der Waals surface area contributed by atoms with Crippen molar-refractivity contribution in [2.75, 3.05) is 4.90 Å². The molecule has 1 aliphatic carbocycles. The fourth-order valence-corrected chi connectivity index (χ4v) is 10.2. The Labute approximate surface area is 356 Å². The Morgan fingerprint density at radius 1 is 0.361 bits per heavy atom. The van der Waals surface area contributed by atoms with E-state index >= 15 is 0 Å². The molecule has 288 valence electrons. The summed E-state index contributed by atoms with van der Waals surface area (Å²) in [4.78, 5) is 2.42. The lowest BCUT2D eigenvalue weighted by Gasteiger charge is -2.35. The molecule has 2 heteroatoms. The van der Waals surface area contributed by atoms with Crippen LogP contribution in [0.4, 0.5) is 17.1 Å². The van der Waals surface area contributed by atoms with E-state index < -0.39 is 0 Å². The van der Waals surface area contributed by atoms with E-state index in [4.69, 9.17) is 0 Å². The summed E-state index contributed by atoms with van der Waals surface area (Å²) in [5.41, 5.74) is 16.9. The third kappa shape index (κ3) is 5.56. The zero-order valence-corrected chi connectivity index (χ0v) is 34.2. The number of nitrogens with zero attached hydrogens (tertiary/aromatic N) is 2. The number of hydrogen-bond donors (Lipinski definition) is 0. The largest absolute Gasteiger partial charge is 0.310 e. The Balaban J connectivity index is 1.05. The molecule has 0 fully saturated rings. The molecular weight excluding hydrogens is 737 g/mol. The lowest BCUT2D eigenvalue weighted by atomic mass is 9.68. The second kappa shape index (κ2) is 13.7. The number of rotatable bonds is 6. The Kier molecular flexibility index (Phi) is 7.92. The maximum absolute atomic E-state index is 2.43. The van der Waals surface area contributed by atoms with Crippen LogP contribution in [0.15, 0.2) is 218 Å². The minimum atomic E-state index is -0.111. The SMILES string of the molecule is CC1(C)c2ccc(-c3cccc(N(c4ccc(-c5ccccc5)cc4)c4ccc5c(c4)c4c6ccccc6ccc4n5-c4ccccc4)c3)cc2-c2cccc3cccc1c23. The third-order valence-electron chi connectivity index (χ3n) is 13.1. The van der Waals surface area contributed by atoms with Gasteiger partial charge in [0.05, 0.1) is 11.0 Å². The molecule has 0 amide bonds. The Morgan fingerprint density at radius 3 is 1.82 bits per heavy atom. The molecule has 0 spiro atoms. The first-order chi connectivity index (χ1) is 30.0. The molecule has 10 aromatic carbocycles. The first kappa shape index (κ1) is 35.3. The minimum Gasteiger partial charge on any atom is -0.310 e. The Hall–Kier alpha value is -7.68. The predicted octanol–water partition coefficient (Wildman–Crippen LogP) is 16.2. The van der Waals surface area contributed by atoms with Crippen molar-refractivity contribution < 1.29 is 0 Å². The van der Waals surface area contributed by atoms with Crippen molar-refractivity contribution in [2.24, 2.45) is 0 Å². The zero-order valence-electron chi connectivity index (χ0n) is 34.2. The second-order valence-corrected chi connectivity index (χ2v) is 16.9. The molecule has 61 heavy (non-hydrogen) atoms. The molecule has 0 N–H and O–H groups in total. The molecule has 11 aromatic rings. The van der Waals surface area contributed by atoms with E-state index in [1.165, 1.54) is 87.9 Å². The highest BCUT2D eigenvalue weighted by Gasteiger charge is 2.33. The zero-order chi connectivity index (χ0) is 40.7. The van der Waals surface area contributed by atoms with Crippen molar-refractivity contribution >= 4 is 60.4 Å². The van der Waals surface area contributed by atoms with Gasteiger partial charge in [-0.05, 0) is 133 Å². The number of para-hydroxylation sites is 1. The van der Waals surface area contributed by atoms with Crippen molar-refractivity contribution in [3.05, 3.63) is 230 Å². The minimum absolute atomic E-state index is 0.111. The van der Waals surface area contributed by atoms with Crippen molar-refractivity contribution in [3.8, 4) is 39.1 Å². The molecule has 0 saturated carbocycles. The van der Waals surface area contributed by atoms with E-state index in [1.807, 2.05) is 0 Å². The lowest BCUT2D eigenvalue weighted by molar-refractivity contribution is 0.645. The molecule has 0 saturated heterocycles. The van der Waals surface area contributed by atoms with Crippen LogP contribution in [0.1, 0.15) is 25.0 Å². The number of fused-ring (bicyclic) bond motifs is 7. The van der Waals surface area contributed by atoms with E-state index in [1.54, 1.807) is 0 Å². The Bertz CT molecular complexity index is 3480. The lowest BCUT2D eigenvalue weighted by Crippen LogP contribution is -2.23. The summed E-state index contributed by atoms with van der Waals surface area (Å²) in [6.45, 7) is 4.74. The van der Waals surface area contributed by atoms with Crippen LogP contribution in [-0.4, -0.2) is 4.57 Å². The van der Waals surface area contributed by atoms with Gasteiger partial charge < -0.3 is 9.47 Å². The number of hydrogen-bond acceptors (Lipinski definition) is 1. The average molecular weight is 779 g/mol. The highest BCUT2D eigenvalue weighted by molar-refractivity contribution is 6.22.